The maximum absolute atomic E-state index is 13.2. The SMILES string of the molecule is FC1=CC(F)=C(CC2CCNC2)NC1. The molecule has 0 spiro atoms. The number of allylic oxidation sites excluding steroid dienone is 3. The van der Waals surface area contributed by atoms with Gasteiger partial charge in [-0.1, -0.05) is 0 Å². The van der Waals surface area contributed by atoms with Crippen molar-refractivity contribution in [2.24, 2.45) is 5.92 Å². The van der Waals surface area contributed by atoms with Gasteiger partial charge in [0.2, 0.25) is 0 Å². The summed E-state index contributed by atoms with van der Waals surface area (Å²) in [6, 6.07) is 0. The van der Waals surface area contributed by atoms with Crippen LogP contribution in [0.4, 0.5) is 8.78 Å². The minimum absolute atomic E-state index is 0.128. The summed E-state index contributed by atoms with van der Waals surface area (Å²) in [5, 5.41) is 6.00. The Morgan fingerprint density at radius 3 is 2.93 bits per heavy atom. The predicted molar refractivity (Wildman–Crippen MR) is 50.9 cm³/mol. The third-order valence-corrected chi connectivity index (χ3v) is 2.70. The van der Waals surface area contributed by atoms with Gasteiger partial charge in [0.25, 0.3) is 0 Å². The molecular weight excluding hydrogens is 186 g/mol. The van der Waals surface area contributed by atoms with Crippen LogP contribution in [-0.2, 0) is 0 Å². The van der Waals surface area contributed by atoms with Crippen molar-refractivity contribution in [3.05, 3.63) is 23.4 Å². The smallest absolute Gasteiger partial charge is 0.144 e. The summed E-state index contributed by atoms with van der Waals surface area (Å²) < 4.78 is 25.9. The second-order valence-electron chi connectivity index (χ2n) is 3.83. The fraction of sp³-hybridized carbons (Fsp3) is 0.600. The molecule has 2 nitrogen and oxygen atoms in total. The second kappa shape index (κ2) is 4.09. The molecule has 0 bridgehead atoms. The summed E-state index contributed by atoms with van der Waals surface area (Å²) in [5.74, 6) is -0.394. The molecule has 1 unspecified atom stereocenters. The van der Waals surface area contributed by atoms with Crippen LogP contribution >= 0.6 is 0 Å². The fourth-order valence-electron chi connectivity index (χ4n) is 1.90. The van der Waals surface area contributed by atoms with Crippen LogP contribution in [0.15, 0.2) is 23.4 Å². The van der Waals surface area contributed by atoms with E-state index in [1.54, 1.807) is 0 Å². The molecule has 0 aliphatic carbocycles. The van der Waals surface area contributed by atoms with E-state index in [4.69, 9.17) is 0 Å². The van der Waals surface area contributed by atoms with E-state index in [1.165, 1.54) is 0 Å². The van der Waals surface area contributed by atoms with E-state index in [0.717, 1.165) is 25.6 Å². The van der Waals surface area contributed by atoms with E-state index in [1.807, 2.05) is 0 Å². The molecule has 2 aliphatic heterocycles. The molecule has 0 aromatic heterocycles. The average molecular weight is 200 g/mol. The van der Waals surface area contributed by atoms with Gasteiger partial charge >= 0.3 is 0 Å². The van der Waals surface area contributed by atoms with Gasteiger partial charge in [-0.05, 0) is 31.8 Å². The van der Waals surface area contributed by atoms with Crippen molar-refractivity contribution in [2.45, 2.75) is 12.8 Å². The lowest BCUT2D eigenvalue weighted by molar-refractivity contribution is 0.496. The highest BCUT2D eigenvalue weighted by Crippen LogP contribution is 2.23. The second-order valence-corrected chi connectivity index (χ2v) is 3.83. The Bertz CT molecular complexity index is 278. The van der Waals surface area contributed by atoms with E-state index < -0.39 is 11.7 Å². The van der Waals surface area contributed by atoms with Gasteiger partial charge in [-0.3, -0.25) is 0 Å². The van der Waals surface area contributed by atoms with Gasteiger partial charge in [0.05, 0.1) is 6.54 Å². The number of rotatable bonds is 2. The Morgan fingerprint density at radius 2 is 2.29 bits per heavy atom. The summed E-state index contributed by atoms with van der Waals surface area (Å²) in [6.07, 6.45) is 2.74. The normalized spacial score (nSPS) is 27.6. The predicted octanol–water partition coefficient (Wildman–Crippen LogP) is 1.62. The third-order valence-electron chi connectivity index (χ3n) is 2.70. The number of hydrogen-bond donors (Lipinski definition) is 2. The maximum atomic E-state index is 13.2. The number of hydrogen-bond acceptors (Lipinski definition) is 2. The van der Waals surface area contributed by atoms with Crippen molar-refractivity contribution in [3.63, 3.8) is 0 Å². The standard InChI is InChI=1S/C10H14F2N2/c11-8-4-9(12)10(14-6-8)3-7-1-2-13-5-7/h4,7,13-14H,1-3,5-6H2. The Hall–Kier alpha value is -0.900. The molecule has 1 fully saturated rings. The zero-order valence-electron chi connectivity index (χ0n) is 7.95. The quantitative estimate of drug-likeness (QED) is 0.707. The Labute approximate surface area is 82.1 Å². The molecule has 0 aromatic carbocycles. The Kier molecular flexibility index (Phi) is 2.82. The summed E-state index contributed by atoms with van der Waals surface area (Å²) in [4.78, 5) is 0. The molecule has 0 radical (unpaired) electrons. The zero-order valence-corrected chi connectivity index (χ0v) is 7.95. The Morgan fingerprint density at radius 1 is 1.43 bits per heavy atom. The summed E-state index contributed by atoms with van der Waals surface area (Å²) in [5.41, 5.74) is 0.556. The lowest BCUT2D eigenvalue weighted by Crippen LogP contribution is -2.22. The van der Waals surface area contributed by atoms with Gasteiger partial charge in [-0.15, -0.1) is 0 Å². The van der Waals surface area contributed by atoms with E-state index in [0.29, 0.717) is 18.0 Å². The zero-order chi connectivity index (χ0) is 9.97. The first-order chi connectivity index (χ1) is 6.75. The average Bonchev–Trinajstić information content (AvgIpc) is 2.62. The highest BCUT2D eigenvalue weighted by molar-refractivity contribution is 5.26. The van der Waals surface area contributed by atoms with Crippen LogP contribution < -0.4 is 10.6 Å². The topological polar surface area (TPSA) is 24.1 Å². The van der Waals surface area contributed by atoms with Crippen LogP contribution in [0.25, 0.3) is 0 Å². The molecule has 0 aromatic rings. The minimum Gasteiger partial charge on any atom is -0.380 e. The first-order valence-corrected chi connectivity index (χ1v) is 4.95. The number of dihydropyridines is 1. The van der Waals surface area contributed by atoms with Crippen LogP contribution in [-0.4, -0.2) is 19.6 Å². The number of nitrogens with one attached hydrogen (secondary N) is 2. The summed E-state index contributed by atoms with van der Waals surface area (Å²) in [7, 11) is 0. The molecule has 78 valence electrons. The van der Waals surface area contributed by atoms with Crippen LogP contribution in [0.2, 0.25) is 0 Å². The van der Waals surface area contributed by atoms with Gasteiger partial charge in [-0.25, -0.2) is 8.78 Å². The van der Waals surface area contributed by atoms with Crippen LogP contribution in [0, 0.1) is 5.92 Å². The molecule has 14 heavy (non-hydrogen) atoms. The van der Waals surface area contributed by atoms with Crippen molar-refractivity contribution in [1.82, 2.24) is 10.6 Å². The van der Waals surface area contributed by atoms with Crippen LogP contribution in [0.1, 0.15) is 12.8 Å². The van der Waals surface area contributed by atoms with Gasteiger partial charge < -0.3 is 10.6 Å². The summed E-state index contributed by atoms with van der Waals surface area (Å²) >= 11 is 0. The van der Waals surface area contributed by atoms with E-state index in [-0.39, 0.29) is 6.54 Å². The molecule has 4 heteroatoms. The van der Waals surface area contributed by atoms with E-state index >= 15 is 0 Å². The van der Waals surface area contributed by atoms with Crippen molar-refractivity contribution in [1.29, 1.82) is 0 Å². The first kappa shape index (κ1) is 9.65. The third kappa shape index (κ3) is 2.12. The van der Waals surface area contributed by atoms with Crippen molar-refractivity contribution < 1.29 is 8.78 Å². The molecule has 2 rings (SSSR count). The molecule has 1 atom stereocenters. The molecule has 0 saturated carbocycles. The monoisotopic (exact) mass is 200 g/mol. The van der Waals surface area contributed by atoms with Crippen LogP contribution in [0.5, 0.6) is 0 Å². The molecule has 2 heterocycles. The van der Waals surface area contributed by atoms with E-state index in [2.05, 4.69) is 10.6 Å². The molecule has 0 amide bonds. The minimum atomic E-state index is -0.444. The highest BCUT2D eigenvalue weighted by Gasteiger charge is 2.20. The molecule has 1 saturated heterocycles. The maximum Gasteiger partial charge on any atom is 0.144 e. The van der Waals surface area contributed by atoms with E-state index in [9.17, 15) is 8.78 Å². The number of halogens is 2. The van der Waals surface area contributed by atoms with Gasteiger partial charge in [-0.2, -0.15) is 0 Å². The van der Waals surface area contributed by atoms with Crippen LogP contribution in [0.3, 0.4) is 0 Å². The van der Waals surface area contributed by atoms with Gasteiger partial charge in [0.1, 0.15) is 11.7 Å². The van der Waals surface area contributed by atoms with Crippen molar-refractivity contribution in [3.8, 4) is 0 Å². The molecule has 2 aliphatic rings. The van der Waals surface area contributed by atoms with Gasteiger partial charge in [0, 0.05) is 11.8 Å². The molecule has 2 N–H and O–H groups in total. The Balaban J connectivity index is 1.99. The van der Waals surface area contributed by atoms with Crippen molar-refractivity contribution in [2.75, 3.05) is 19.6 Å². The van der Waals surface area contributed by atoms with Gasteiger partial charge in [0.15, 0.2) is 0 Å². The fourth-order valence-corrected chi connectivity index (χ4v) is 1.90. The van der Waals surface area contributed by atoms with Crippen molar-refractivity contribution >= 4 is 0 Å². The largest absolute Gasteiger partial charge is 0.380 e. The molecular formula is C10H14F2N2. The summed E-state index contributed by atoms with van der Waals surface area (Å²) in [6.45, 7) is 2.07. The first-order valence-electron chi connectivity index (χ1n) is 4.95. The lowest BCUT2D eigenvalue weighted by Gasteiger charge is -2.17. The lowest BCUT2D eigenvalue weighted by atomic mass is 10.0. The highest BCUT2D eigenvalue weighted by atomic mass is 19.1.